The van der Waals surface area contributed by atoms with Gasteiger partial charge in [-0.1, -0.05) is 17.7 Å². The molecule has 1 aromatic heterocycles. The van der Waals surface area contributed by atoms with Gasteiger partial charge in [0.15, 0.2) is 11.5 Å². The van der Waals surface area contributed by atoms with E-state index in [4.69, 9.17) is 21.1 Å². The van der Waals surface area contributed by atoms with Crippen molar-refractivity contribution >= 4 is 28.4 Å². The number of nitrogens with zero attached hydrogens (tertiary/aromatic N) is 3. The molecule has 0 bridgehead atoms. The van der Waals surface area contributed by atoms with Gasteiger partial charge in [0.25, 0.3) is 5.56 Å². The number of hydrogen-bond acceptors (Lipinski definition) is 7. The summed E-state index contributed by atoms with van der Waals surface area (Å²) in [6.07, 6.45) is 1.57. The van der Waals surface area contributed by atoms with E-state index in [2.05, 4.69) is 11.6 Å². The summed E-state index contributed by atoms with van der Waals surface area (Å²) in [6, 6.07) is 3.44. The molecule has 0 aliphatic carbocycles. The SMILES string of the molecule is C=CCN=C(SCc1cc2c(cc1Cl)OCO2)c1c(O)n(C)c(=O)n(C)c1=O. The van der Waals surface area contributed by atoms with E-state index in [1.54, 1.807) is 18.2 Å². The second kappa shape index (κ2) is 8.15. The molecule has 1 N–H and O–H groups in total. The van der Waals surface area contributed by atoms with Crippen molar-refractivity contribution in [2.45, 2.75) is 5.75 Å². The van der Waals surface area contributed by atoms with E-state index < -0.39 is 17.1 Å². The van der Waals surface area contributed by atoms with Crippen molar-refractivity contribution in [3.8, 4) is 17.4 Å². The Kier molecular flexibility index (Phi) is 5.85. The first-order chi connectivity index (χ1) is 13.3. The molecule has 0 spiro atoms. The Labute approximate surface area is 169 Å². The molecule has 2 aromatic rings. The van der Waals surface area contributed by atoms with Gasteiger partial charge in [0.2, 0.25) is 12.7 Å². The van der Waals surface area contributed by atoms with Gasteiger partial charge < -0.3 is 14.6 Å². The van der Waals surface area contributed by atoms with Gasteiger partial charge in [-0.15, -0.1) is 18.3 Å². The number of halogens is 1. The van der Waals surface area contributed by atoms with Crippen molar-refractivity contribution in [1.82, 2.24) is 9.13 Å². The van der Waals surface area contributed by atoms with Crippen LogP contribution in [0.15, 0.2) is 39.4 Å². The van der Waals surface area contributed by atoms with Crippen LogP contribution in [0.3, 0.4) is 0 Å². The van der Waals surface area contributed by atoms with Gasteiger partial charge in [-0.05, 0) is 11.6 Å². The van der Waals surface area contributed by atoms with Crippen LogP contribution in [0.1, 0.15) is 11.1 Å². The molecule has 148 valence electrons. The fraction of sp³-hybridized carbons (Fsp3) is 0.278. The summed E-state index contributed by atoms with van der Waals surface area (Å²) in [5, 5.41) is 11.2. The lowest BCUT2D eigenvalue weighted by Gasteiger charge is -2.13. The Morgan fingerprint density at radius 1 is 1.32 bits per heavy atom. The molecule has 0 fully saturated rings. The summed E-state index contributed by atoms with van der Waals surface area (Å²) >= 11 is 7.52. The zero-order valence-electron chi connectivity index (χ0n) is 15.3. The highest BCUT2D eigenvalue weighted by Gasteiger charge is 2.22. The highest BCUT2D eigenvalue weighted by Crippen LogP contribution is 2.38. The predicted octanol–water partition coefficient (Wildman–Crippen LogP) is 2.04. The molecule has 28 heavy (non-hydrogen) atoms. The summed E-state index contributed by atoms with van der Waals surface area (Å²) in [5.41, 5.74) is -0.553. The predicted molar refractivity (Wildman–Crippen MR) is 109 cm³/mol. The van der Waals surface area contributed by atoms with Crippen LogP contribution in [0.5, 0.6) is 17.4 Å². The van der Waals surface area contributed by atoms with Gasteiger partial charge in [-0.3, -0.25) is 18.9 Å². The van der Waals surface area contributed by atoms with E-state index >= 15 is 0 Å². The van der Waals surface area contributed by atoms with Crippen LogP contribution in [0, 0.1) is 0 Å². The van der Waals surface area contributed by atoms with Crippen molar-refractivity contribution in [1.29, 1.82) is 0 Å². The highest BCUT2D eigenvalue weighted by atomic mass is 35.5. The Morgan fingerprint density at radius 2 is 2.00 bits per heavy atom. The van der Waals surface area contributed by atoms with Gasteiger partial charge in [0, 0.05) is 30.9 Å². The molecular formula is C18H18ClN3O5S. The Morgan fingerprint density at radius 3 is 2.68 bits per heavy atom. The largest absolute Gasteiger partial charge is 0.494 e. The van der Waals surface area contributed by atoms with E-state index in [9.17, 15) is 14.7 Å². The van der Waals surface area contributed by atoms with Crippen LogP contribution < -0.4 is 20.7 Å². The number of hydrogen-bond donors (Lipinski definition) is 1. The Bertz CT molecular complexity index is 1090. The molecule has 0 amide bonds. The standard InChI is InChI=1S/C18H18ClN3O5S/c1-4-5-20-15(14-16(23)21(2)18(25)22(3)17(14)24)28-8-10-6-12-13(7-11(10)19)27-9-26-12/h4,6-7,23H,1,5,8-9H2,2-3H3. The fourth-order valence-electron chi connectivity index (χ4n) is 2.58. The van der Waals surface area contributed by atoms with Crippen LogP contribution in [-0.2, 0) is 19.8 Å². The number of rotatable bonds is 5. The summed E-state index contributed by atoms with van der Waals surface area (Å²) in [7, 11) is 2.73. The van der Waals surface area contributed by atoms with Crippen LogP contribution in [0.2, 0.25) is 5.02 Å². The zero-order valence-corrected chi connectivity index (χ0v) is 16.8. The molecule has 0 radical (unpaired) electrons. The van der Waals surface area contributed by atoms with E-state index in [0.29, 0.717) is 22.3 Å². The third-order valence-corrected chi connectivity index (χ3v) is 5.53. The summed E-state index contributed by atoms with van der Waals surface area (Å²) < 4.78 is 12.6. The summed E-state index contributed by atoms with van der Waals surface area (Å²) in [6.45, 7) is 4.00. The third-order valence-electron chi connectivity index (χ3n) is 4.12. The topological polar surface area (TPSA) is 95.0 Å². The monoisotopic (exact) mass is 423 g/mol. The average Bonchev–Trinajstić information content (AvgIpc) is 3.13. The number of fused-ring (bicyclic) bond motifs is 1. The highest BCUT2D eigenvalue weighted by molar-refractivity contribution is 8.13. The van der Waals surface area contributed by atoms with Crippen LogP contribution in [0.25, 0.3) is 0 Å². The normalized spacial score (nSPS) is 13.0. The Hall–Kier alpha value is -2.65. The van der Waals surface area contributed by atoms with Crippen molar-refractivity contribution in [3.63, 3.8) is 0 Å². The van der Waals surface area contributed by atoms with Gasteiger partial charge in [-0.2, -0.15) is 0 Å². The molecule has 1 aliphatic heterocycles. The first-order valence-corrected chi connectivity index (χ1v) is 9.57. The molecule has 1 aliphatic rings. The van der Waals surface area contributed by atoms with Crippen molar-refractivity contribution in [3.05, 3.63) is 61.8 Å². The molecule has 0 saturated heterocycles. The zero-order chi connectivity index (χ0) is 20.4. The maximum absolute atomic E-state index is 12.6. The molecule has 0 unspecified atom stereocenters. The molecule has 2 heterocycles. The van der Waals surface area contributed by atoms with Crippen molar-refractivity contribution in [2.24, 2.45) is 19.1 Å². The fourth-order valence-corrected chi connectivity index (χ4v) is 3.90. The Balaban J connectivity index is 1.99. The van der Waals surface area contributed by atoms with Gasteiger partial charge >= 0.3 is 5.69 Å². The van der Waals surface area contributed by atoms with E-state index in [0.717, 1.165) is 14.7 Å². The number of aromatic hydroxyl groups is 1. The van der Waals surface area contributed by atoms with E-state index in [-0.39, 0.29) is 23.9 Å². The maximum Gasteiger partial charge on any atom is 0.333 e. The van der Waals surface area contributed by atoms with Crippen LogP contribution in [0.4, 0.5) is 0 Å². The maximum atomic E-state index is 12.6. The number of benzene rings is 1. The number of thioether (sulfide) groups is 1. The lowest BCUT2D eigenvalue weighted by molar-refractivity contribution is 0.174. The second-order valence-corrected chi connectivity index (χ2v) is 7.30. The number of aliphatic imine (C=N–C) groups is 1. The lowest BCUT2D eigenvalue weighted by Crippen LogP contribution is -2.39. The van der Waals surface area contributed by atoms with Crippen LogP contribution >= 0.6 is 23.4 Å². The molecule has 10 heteroatoms. The summed E-state index contributed by atoms with van der Waals surface area (Å²) in [4.78, 5) is 28.9. The minimum atomic E-state index is -0.632. The van der Waals surface area contributed by atoms with E-state index in [1.807, 2.05) is 0 Å². The first kappa shape index (κ1) is 20.1. The van der Waals surface area contributed by atoms with Gasteiger partial charge in [-0.25, -0.2) is 4.79 Å². The molecule has 0 atom stereocenters. The number of aromatic nitrogens is 2. The van der Waals surface area contributed by atoms with Gasteiger partial charge in [0.1, 0.15) is 10.6 Å². The minimum Gasteiger partial charge on any atom is -0.494 e. The summed E-state index contributed by atoms with van der Waals surface area (Å²) in [5.74, 6) is 1.08. The molecule has 8 nitrogen and oxygen atoms in total. The van der Waals surface area contributed by atoms with Crippen molar-refractivity contribution in [2.75, 3.05) is 13.3 Å². The van der Waals surface area contributed by atoms with E-state index in [1.165, 1.54) is 25.9 Å². The molecule has 0 saturated carbocycles. The third kappa shape index (κ3) is 3.67. The second-order valence-electron chi connectivity index (χ2n) is 5.92. The van der Waals surface area contributed by atoms with Crippen LogP contribution in [-0.4, -0.2) is 32.6 Å². The van der Waals surface area contributed by atoms with Gasteiger partial charge in [0.05, 0.1) is 6.54 Å². The smallest absolute Gasteiger partial charge is 0.333 e. The lowest BCUT2D eigenvalue weighted by atomic mass is 10.2. The first-order valence-electron chi connectivity index (χ1n) is 8.20. The minimum absolute atomic E-state index is 0.0479. The van der Waals surface area contributed by atoms with Crippen molar-refractivity contribution < 1.29 is 14.6 Å². The molecule has 1 aromatic carbocycles. The quantitative estimate of drug-likeness (QED) is 0.449. The molecule has 3 rings (SSSR count). The molecular weight excluding hydrogens is 406 g/mol. The number of ether oxygens (including phenoxy) is 2. The average molecular weight is 424 g/mol.